The third kappa shape index (κ3) is 4.22. The monoisotopic (exact) mass is 386 g/mol. The summed E-state index contributed by atoms with van der Waals surface area (Å²) < 4.78 is 10.7. The lowest BCUT2D eigenvalue weighted by molar-refractivity contribution is -0.384. The number of hydrogen-bond acceptors (Lipinski definition) is 6. The predicted octanol–water partition coefficient (Wildman–Crippen LogP) is 3.59. The van der Waals surface area contributed by atoms with Crippen molar-refractivity contribution in [2.24, 2.45) is 0 Å². The fourth-order valence-corrected chi connectivity index (χ4v) is 3.20. The van der Waals surface area contributed by atoms with Gasteiger partial charge in [0.1, 0.15) is 4.99 Å². The Bertz CT molecular complexity index is 893. The highest BCUT2D eigenvalue weighted by Gasteiger charge is 2.19. The summed E-state index contributed by atoms with van der Waals surface area (Å²) in [6.45, 7) is 1.87. The van der Waals surface area contributed by atoms with Crippen LogP contribution in [-0.4, -0.2) is 41.0 Å². The summed E-state index contributed by atoms with van der Waals surface area (Å²) in [5, 5.41) is 10.9. The molecule has 1 fully saturated rings. The first-order chi connectivity index (χ1) is 13.0. The summed E-state index contributed by atoms with van der Waals surface area (Å²) in [5.41, 5.74) is 0.726. The molecule has 0 saturated carbocycles. The zero-order chi connectivity index (χ0) is 19.4. The Labute approximate surface area is 161 Å². The molecule has 0 N–H and O–H groups in total. The van der Waals surface area contributed by atoms with E-state index in [2.05, 4.69) is 4.90 Å². The maximum Gasteiger partial charge on any atom is 0.343 e. The van der Waals surface area contributed by atoms with E-state index in [1.165, 1.54) is 31.4 Å². The van der Waals surface area contributed by atoms with Gasteiger partial charge < -0.3 is 14.4 Å². The summed E-state index contributed by atoms with van der Waals surface area (Å²) in [4.78, 5) is 25.5. The number of benzene rings is 2. The number of esters is 1. The number of nitrogens with zero attached hydrogens (tertiary/aromatic N) is 2. The summed E-state index contributed by atoms with van der Waals surface area (Å²) in [6.07, 6.45) is 2.24. The van der Waals surface area contributed by atoms with Crippen LogP contribution < -0.4 is 9.47 Å². The summed E-state index contributed by atoms with van der Waals surface area (Å²) in [5.74, 6) is -0.110. The van der Waals surface area contributed by atoms with Crippen LogP contribution in [0.3, 0.4) is 0 Å². The van der Waals surface area contributed by atoms with E-state index in [9.17, 15) is 14.9 Å². The molecule has 0 bridgehead atoms. The molecule has 2 aromatic rings. The third-order valence-electron chi connectivity index (χ3n) is 4.30. The number of thiocarbonyl (C=S) groups is 1. The molecule has 1 aliphatic rings. The number of ether oxygens (including phenoxy) is 2. The minimum absolute atomic E-state index is 0.0860. The van der Waals surface area contributed by atoms with Crippen molar-refractivity contribution in [3.8, 4) is 11.5 Å². The maximum atomic E-state index is 12.4. The summed E-state index contributed by atoms with van der Waals surface area (Å²) >= 11 is 5.53. The van der Waals surface area contributed by atoms with Gasteiger partial charge in [0.2, 0.25) is 0 Å². The van der Waals surface area contributed by atoms with Crippen LogP contribution in [0.2, 0.25) is 0 Å². The van der Waals surface area contributed by atoms with Crippen LogP contribution in [0.25, 0.3) is 0 Å². The zero-order valence-electron chi connectivity index (χ0n) is 14.7. The number of hydrogen-bond donors (Lipinski definition) is 0. The second-order valence-corrected chi connectivity index (χ2v) is 6.45. The van der Waals surface area contributed by atoms with E-state index in [0.717, 1.165) is 36.5 Å². The first-order valence-corrected chi connectivity index (χ1v) is 8.84. The lowest BCUT2D eigenvalue weighted by Gasteiger charge is -2.19. The molecule has 0 spiro atoms. The molecule has 1 aliphatic heterocycles. The van der Waals surface area contributed by atoms with Crippen molar-refractivity contribution < 1.29 is 19.2 Å². The van der Waals surface area contributed by atoms with Crippen molar-refractivity contribution in [3.05, 3.63) is 63.7 Å². The molecule has 7 nitrogen and oxygen atoms in total. The molecule has 0 unspecified atom stereocenters. The number of methoxy groups -OCH3 is 1. The standard InChI is InChI=1S/C19H18N2O5S/c1-25-17-12-13(18(27)20-9-2-3-10-20)7-8-16(17)26-19(22)14-5-4-6-15(11-14)21(23)24/h4-8,11-12H,2-3,9-10H2,1H3. The second kappa shape index (κ2) is 8.13. The Morgan fingerprint density at radius 3 is 2.52 bits per heavy atom. The van der Waals surface area contributed by atoms with Crippen molar-refractivity contribution in [3.63, 3.8) is 0 Å². The van der Waals surface area contributed by atoms with E-state index in [-0.39, 0.29) is 17.0 Å². The van der Waals surface area contributed by atoms with Gasteiger partial charge >= 0.3 is 5.97 Å². The van der Waals surface area contributed by atoms with Crippen LogP contribution in [0, 0.1) is 10.1 Å². The number of non-ortho nitro benzene ring substituents is 1. The predicted molar refractivity (Wildman–Crippen MR) is 104 cm³/mol. The highest BCUT2D eigenvalue weighted by Crippen LogP contribution is 2.30. The summed E-state index contributed by atoms with van der Waals surface area (Å²) in [7, 11) is 1.47. The van der Waals surface area contributed by atoms with Gasteiger partial charge in [0.15, 0.2) is 11.5 Å². The summed E-state index contributed by atoms with van der Waals surface area (Å²) in [6, 6.07) is 10.5. The van der Waals surface area contributed by atoms with Crippen LogP contribution >= 0.6 is 12.2 Å². The fraction of sp³-hybridized carbons (Fsp3) is 0.263. The van der Waals surface area contributed by atoms with Gasteiger partial charge in [-0.05, 0) is 37.1 Å². The minimum atomic E-state index is -0.702. The number of carbonyl (C=O) groups excluding carboxylic acids is 1. The maximum absolute atomic E-state index is 12.4. The van der Waals surface area contributed by atoms with Crippen molar-refractivity contribution in [1.82, 2.24) is 4.90 Å². The molecule has 1 saturated heterocycles. The quantitative estimate of drug-likeness (QED) is 0.255. The average molecular weight is 386 g/mol. The molecular formula is C19H18N2O5S. The van der Waals surface area contributed by atoms with E-state index in [1.807, 2.05) is 0 Å². The van der Waals surface area contributed by atoms with Crippen LogP contribution in [-0.2, 0) is 0 Å². The van der Waals surface area contributed by atoms with E-state index in [0.29, 0.717) is 5.75 Å². The Kier molecular flexibility index (Phi) is 5.66. The molecule has 0 aromatic heterocycles. The molecule has 140 valence electrons. The first kappa shape index (κ1) is 18.8. The third-order valence-corrected chi connectivity index (χ3v) is 4.79. The largest absolute Gasteiger partial charge is 0.493 e. The Hall–Kier alpha value is -3.00. The number of nitro groups is 1. The normalized spacial score (nSPS) is 13.3. The Morgan fingerprint density at radius 2 is 1.85 bits per heavy atom. The van der Waals surface area contributed by atoms with Gasteiger partial charge in [0.25, 0.3) is 5.69 Å². The van der Waals surface area contributed by atoms with Crippen LogP contribution in [0.4, 0.5) is 5.69 Å². The molecule has 0 atom stereocenters. The van der Waals surface area contributed by atoms with Gasteiger partial charge in [-0.2, -0.15) is 0 Å². The fourth-order valence-electron chi connectivity index (χ4n) is 2.89. The Morgan fingerprint density at radius 1 is 1.11 bits per heavy atom. The molecular weight excluding hydrogens is 368 g/mol. The van der Waals surface area contributed by atoms with Gasteiger partial charge in [0.05, 0.1) is 17.6 Å². The second-order valence-electron chi connectivity index (χ2n) is 6.06. The molecule has 0 radical (unpaired) electrons. The van der Waals surface area contributed by atoms with Crippen LogP contribution in [0.15, 0.2) is 42.5 Å². The highest BCUT2D eigenvalue weighted by molar-refractivity contribution is 7.80. The van der Waals surface area contributed by atoms with Crippen molar-refractivity contribution in [1.29, 1.82) is 0 Å². The first-order valence-electron chi connectivity index (χ1n) is 8.43. The highest BCUT2D eigenvalue weighted by atomic mass is 32.1. The van der Waals surface area contributed by atoms with E-state index >= 15 is 0 Å². The van der Waals surface area contributed by atoms with Crippen molar-refractivity contribution in [2.45, 2.75) is 12.8 Å². The van der Waals surface area contributed by atoms with E-state index in [1.54, 1.807) is 18.2 Å². The molecule has 0 aliphatic carbocycles. The average Bonchev–Trinajstić information content (AvgIpc) is 3.22. The number of nitro benzene ring substituents is 1. The molecule has 8 heteroatoms. The lowest BCUT2D eigenvalue weighted by atomic mass is 10.1. The van der Waals surface area contributed by atoms with Gasteiger partial charge in [-0.1, -0.05) is 18.3 Å². The Balaban J connectivity index is 1.80. The number of carbonyl (C=O) groups is 1. The van der Waals surface area contributed by atoms with Gasteiger partial charge in [-0.15, -0.1) is 0 Å². The van der Waals surface area contributed by atoms with Crippen LogP contribution in [0.5, 0.6) is 11.5 Å². The lowest BCUT2D eigenvalue weighted by Crippen LogP contribution is -2.26. The molecule has 1 heterocycles. The number of rotatable bonds is 5. The zero-order valence-corrected chi connectivity index (χ0v) is 15.5. The number of likely N-dealkylation sites (tertiary alicyclic amines) is 1. The molecule has 2 aromatic carbocycles. The van der Waals surface area contributed by atoms with Gasteiger partial charge in [0, 0.05) is 30.8 Å². The van der Waals surface area contributed by atoms with Crippen molar-refractivity contribution >= 4 is 28.9 Å². The smallest absolute Gasteiger partial charge is 0.343 e. The minimum Gasteiger partial charge on any atom is -0.493 e. The van der Waals surface area contributed by atoms with Crippen molar-refractivity contribution in [2.75, 3.05) is 20.2 Å². The molecule has 27 heavy (non-hydrogen) atoms. The van der Waals surface area contributed by atoms with E-state index < -0.39 is 10.9 Å². The van der Waals surface area contributed by atoms with E-state index in [4.69, 9.17) is 21.7 Å². The van der Waals surface area contributed by atoms with Gasteiger partial charge in [-0.25, -0.2) is 4.79 Å². The molecule has 3 rings (SSSR count). The van der Waals surface area contributed by atoms with Gasteiger partial charge in [-0.3, -0.25) is 10.1 Å². The topological polar surface area (TPSA) is 81.9 Å². The molecule has 0 amide bonds. The van der Waals surface area contributed by atoms with Crippen LogP contribution in [0.1, 0.15) is 28.8 Å². The SMILES string of the molecule is COc1cc(C(=S)N2CCCC2)ccc1OC(=O)c1cccc([N+](=O)[O-])c1.